The Kier molecular flexibility index (Phi) is 4.45. The summed E-state index contributed by atoms with van der Waals surface area (Å²) in [6, 6.07) is 7.15. The molecule has 0 aliphatic carbocycles. The number of benzene rings is 1. The van der Waals surface area contributed by atoms with Gasteiger partial charge >= 0.3 is 0 Å². The van der Waals surface area contributed by atoms with Crippen LogP contribution in [0.15, 0.2) is 24.3 Å². The number of fused-ring (bicyclic) bond motifs is 1. The molecule has 1 aromatic heterocycles. The fraction of sp³-hybridized carbons (Fsp3) is 0.385. The molecule has 5 nitrogen and oxygen atoms in total. The molecule has 0 atom stereocenters. The number of hydrogen-bond donors (Lipinski definition) is 1. The Morgan fingerprint density at radius 1 is 1.20 bits per heavy atom. The van der Waals surface area contributed by atoms with Gasteiger partial charge in [-0.1, -0.05) is 37.6 Å². The summed E-state index contributed by atoms with van der Waals surface area (Å²) in [7, 11) is -3.46. The van der Waals surface area contributed by atoms with Gasteiger partial charge in [-0.2, -0.15) is 0 Å². The number of sulfonamides is 1. The van der Waals surface area contributed by atoms with E-state index in [0.717, 1.165) is 0 Å². The molecule has 1 aromatic carbocycles. The van der Waals surface area contributed by atoms with Gasteiger partial charge in [0, 0.05) is 0 Å². The maximum absolute atomic E-state index is 12.0. The minimum atomic E-state index is -3.46. The fourth-order valence-electron chi connectivity index (χ4n) is 1.63. The first-order chi connectivity index (χ1) is 9.37. The molecule has 0 unspecified atom stereocenters. The zero-order valence-corrected chi connectivity index (χ0v) is 12.9. The second-order valence-corrected chi connectivity index (χ2v) is 7.16. The lowest BCUT2D eigenvalue weighted by Crippen LogP contribution is -2.19. The third-order valence-corrected chi connectivity index (χ3v) is 4.29. The number of aromatic nitrogens is 2. The molecule has 0 aliphatic rings. The summed E-state index contributed by atoms with van der Waals surface area (Å²) in [5.41, 5.74) is 1.22. The van der Waals surface area contributed by atoms with Crippen molar-refractivity contribution in [2.75, 3.05) is 10.5 Å². The van der Waals surface area contributed by atoms with Crippen LogP contribution >= 0.6 is 11.6 Å². The standard InChI is InChI=1S/C13H16ClN3O2S/c1-9(2)7-8-20(18,19)17-13-12(14)15-10-5-3-4-6-11(10)16-13/h3-6,9H,7-8H2,1-2H3,(H,16,17). The van der Waals surface area contributed by atoms with E-state index in [-0.39, 0.29) is 16.7 Å². The van der Waals surface area contributed by atoms with Crippen LogP contribution in [-0.2, 0) is 10.0 Å². The summed E-state index contributed by atoms with van der Waals surface area (Å²) in [6.07, 6.45) is 0.577. The van der Waals surface area contributed by atoms with Gasteiger partial charge in [0.1, 0.15) is 0 Å². The molecule has 108 valence electrons. The largest absolute Gasteiger partial charge is 0.265 e. The van der Waals surface area contributed by atoms with Crippen LogP contribution < -0.4 is 4.72 Å². The van der Waals surface area contributed by atoms with Crippen molar-refractivity contribution >= 4 is 38.5 Å². The first-order valence-electron chi connectivity index (χ1n) is 6.30. The normalized spacial score (nSPS) is 12.0. The highest BCUT2D eigenvalue weighted by atomic mass is 35.5. The summed E-state index contributed by atoms with van der Waals surface area (Å²) in [6.45, 7) is 3.94. The highest BCUT2D eigenvalue weighted by molar-refractivity contribution is 7.92. The van der Waals surface area contributed by atoms with E-state index in [1.807, 2.05) is 26.0 Å². The number of nitrogens with zero attached hydrogens (tertiary/aromatic N) is 2. The van der Waals surface area contributed by atoms with Gasteiger partial charge in [0.2, 0.25) is 10.0 Å². The molecular weight excluding hydrogens is 298 g/mol. The highest BCUT2D eigenvalue weighted by Crippen LogP contribution is 2.22. The van der Waals surface area contributed by atoms with Crippen molar-refractivity contribution in [3.8, 4) is 0 Å². The molecule has 0 aliphatic heterocycles. The summed E-state index contributed by atoms with van der Waals surface area (Å²) < 4.78 is 26.3. The lowest BCUT2D eigenvalue weighted by atomic mass is 10.2. The lowest BCUT2D eigenvalue weighted by molar-refractivity contribution is 0.578. The molecule has 1 heterocycles. The first-order valence-corrected chi connectivity index (χ1v) is 8.33. The third kappa shape index (κ3) is 3.80. The van der Waals surface area contributed by atoms with Gasteiger partial charge in [0.05, 0.1) is 16.8 Å². The summed E-state index contributed by atoms with van der Waals surface area (Å²) in [5, 5.41) is 0.0526. The van der Waals surface area contributed by atoms with Crippen LogP contribution in [0.3, 0.4) is 0 Å². The van der Waals surface area contributed by atoms with E-state index in [9.17, 15) is 8.42 Å². The zero-order chi connectivity index (χ0) is 14.8. The Hall–Kier alpha value is -1.40. The Labute approximate surface area is 123 Å². The van der Waals surface area contributed by atoms with Crippen molar-refractivity contribution in [1.82, 2.24) is 9.97 Å². The fourth-order valence-corrected chi connectivity index (χ4v) is 3.19. The van der Waals surface area contributed by atoms with E-state index in [1.54, 1.807) is 12.1 Å². The molecule has 20 heavy (non-hydrogen) atoms. The second kappa shape index (κ2) is 5.93. The maximum Gasteiger partial charge on any atom is 0.233 e. The number of hydrogen-bond acceptors (Lipinski definition) is 4. The first kappa shape index (κ1) is 15.0. The van der Waals surface area contributed by atoms with Crippen LogP contribution in [0, 0.1) is 5.92 Å². The minimum absolute atomic E-state index is 0.0372. The molecule has 2 rings (SSSR count). The molecule has 0 fully saturated rings. The van der Waals surface area contributed by atoms with Crippen molar-refractivity contribution in [2.24, 2.45) is 5.92 Å². The van der Waals surface area contributed by atoms with Crippen LogP contribution in [0.4, 0.5) is 5.82 Å². The molecule has 2 aromatic rings. The quantitative estimate of drug-likeness (QED) is 0.920. The Bertz CT molecular complexity index is 717. The van der Waals surface area contributed by atoms with Gasteiger partial charge in [-0.15, -0.1) is 0 Å². The van der Waals surface area contributed by atoms with Crippen LogP contribution in [0.1, 0.15) is 20.3 Å². The Balaban J connectivity index is 2.27. The average Bonchev–Trinajstić information content (AvgIpc) is 2.37. The molecule has 0 saturated carbocycles. The number of halogens is 1. The molecule has 7 heteroatoms. The topological polar surface area (TPSA) is 72.0 Å². The molecule has 0 saturated heterocycles. The lowest BCUT2D eigenvalue weighted by Gasteiger charge is -2.10. The van der Waals surface area contributed by atoms with E-state index in [2.05, 4.69) is 14.7 Å². The number of rotatable bonds is 5. The van der Waals surface area contributed by atoms with Gasteiger partial charge in [-0.3, -0.25) is 4.72 Å². The summed E-state index contributed by atoms with van der Waals surface area (Å²) in [4.78, 5) is 8.33. The van der Waals surface area contributed by atoms with Crippen molar-refractivity contribution in [2.45, 2.75) is 20.3 Å². The molecule has 0 amide bonds. The molecule has 1 N–H and O–H groups in total. The van der Waals surface area contributed by atoms with Crippen molar-refractivity contribution in [3.05, 3.63) is 29.4 Å². The smallest absolute Gasteiger partial charge is 0.233 e. The van der Waals surface area contributed by atoms with Gasteiger partial charge in [-0.05, 0) is 24.5 Å². The minimum Gasteiger partial charge on any atom is -0.265 e. The molecular formula is C13H16ClN3O2S. The van der Waals surface area contributed by atoms with Crippen molar-refractivity contribution in [1.29, 1.82) is 0 Å². The van der Waals surface area contributed by atoms with Crippen LogP contribution in [-0.4, -0.2) is 24.1 Å². The second-order valence-electron chi connectivity index (χ2n) is 4.96. The van der Waals surface area contributed by atoms with Crippen LogP contribution in [0.25, 0.3) is 11.0 Å². The molecule has 0 radical (unpaired) electrons. The van der Waals surface area contributed by atoms with Crippen LogP contribution in [0.5, 0.6) is 0 Å². The SMILES string of the molecule is CC(C)CCS(=O)(=O)Nc1nc2ccccc2nc1Cl. The molecule has 0 spiro atoms. The average molecular weight is 314 g/mol. The Morgan fingerprint density at radius 3 is 2.40 bits per heavy atom. The number of para-hydroxylation sites is 2. The summed E-state index contributed by atoms with van der Waals surface area (Å²) >= 11 is 5.97. The van der Waals surface area contributed by atoms with Crippen LogP contribution in [0.2, 0.25) is 5.15 Å². The maximum atomic E-state index is 12.0. The Morgan fingerprint density at radius 2 is 1.80 bits per heavy atom. The van der Waals surface area contributed by atoms with E-state index in [0.29, 0.717) is 23.4 Å². The van der Waals surface area contributed by atoms with E-state index in [1.165, 1.54) is 0 Å². The highest BCUT2D eigenvalue weighted by Gasteiger charge is 2.15. The third-order valence-electron chi connectivity index (χ3n) is 2.74. The van der Waals surface area contributed by atoms with Crippen molar-refractivity contribution < 1.29 is 8.42 Å². The van der Waals surface area contributed by atoms with Gasteiger partial charge in [0.25, 0.3) is 0 Å². The zero-order valence-electron chi connectivity index (χ0n) is 11.3. The number of nitrogens with one attached hydrogen (secondary N) is 1. The predicted octanol–water partition coefficient (Wildman–Crippen LogP) is 3.07. The van der Waals surface area contributed by atoms with Crippen molar-refractivity contribution in [3.63, 3.8) is 0 Å². The van der Waals surface area contributed by atoms with E-state index >= 15 is 0 Å². The number of anilines is 1. The molecule has 0 bridgehead atoms. The monoisotopic (exact) mass is 313 g/mol. The van der Waals surface area contributed by atoms with E-state index in [4.69, 9.17) is 11.6 Å². The predicted molar refractivity (Wildman–Crippen MR) is 81.4 cm³/mol. The van der Waals surface area contributed by atoms with Gasteiger partial charge in [0.15, 0.2) is 11.0 Å². The van der Waals surface area contributed by atoms with Gasteiger partial charge < -0.3 is 0 Å². The van der Waals surface area contributed by atoms with Gasteiger partial charge in [-0.25, -0.2) is 18.4 Å². The van der Waals surface area contributed by atoms with E-state index < -0.39 is 10.0 Å². The summed E-state index contributed by atoms with van der Waals surface area (Å²) in [5.74, 6) is 0.425.